The molecule has 2 aromatic heterocycles. The number of imidazole rings is 1. The van der Waals surface area contributed by atoms with Gasteiger partial charge in [-0.3, -0.25) is 0 Å². The second-order valence-electron chi connectivity index (χ2n) is 7.94. The number of ether oxygens (including phenoxy) is 2. The van der Waals surface area contributed by atoms with Crippen molar-refractivity contribution in [1.29, 1.82) is 0 Å². The minimum atomic E-state index is -1.01. The molecule has 0 unspecified atom stereocenters. The minimum Gasteiger partial charge on any atom is -0.481 e. The highest BCUT2D eigenvalue weighted by atomic mass is 35.5. The Kier molecular flexibility index (Phi) is 5.84. The number of aromatic carboxylic acids is 1. The van der Waals surface area contributed by atoms with Crippen molar-refractivity contribution in [2.24, 2.45) is 0 Å². The molecular formula is C27H20ClN3O4. The van der Waals surface area contributed by atoms with Gasteiger partial charge in [0.15, 0.2) is 0 Å². The molecule has 0 saturated carbocycles. The molecule has 5 rings (SSSR count). The SMILES string of the molecule is COc1ccc(-c2ccc(-c3cc4nc(Oc5ccc(C)c(C(=O)O)c5)[nH]c4cc3Cl)cc2)cn1. The quantitative estimate of drug-likeness (QED) is 0.276. The van der Waals surface area contributed by atoms with E-state index < -0.39 is 5.97 Å². The van der Waals surface area contributed by atoms with E-state index in [2.05, 4.69) is 15.0 Å². The molecule has 0 saturated heterocycles. The number of nitrogens with zero attached hydrogens (tertiary/aromatic N) is 2. The van der Waals surface area contributed by atoms with E-state index >= 15 is 0 Å². The van der Waals surface area contributed by atoms with Gasteiger partial charge >= 0.3 is 5.97 Å². The molecule has 5 aromatic rings. The van der Waals surface area contributed by atoms with Crippen LogP contribution in [0.2, 0.25) is 5.02 Å². The van der Waals surface area contributed by atoms with Crippen LogP contribution in [0.25, 0.3) is 33.3 Å². The average Bonchev–Trinajstić information content (AvgIpc) is 3.25. The van der Waals surface area contributed by atoms with E-state index in [0.29, 0.717) is 33.2 Å². The number of aromatic amines is 1. The van der Waals surface area contributed by atoms with Crippen LogP contribution in [0.5, 0.6) is 17.6 Å². The zero-order valence-electron chi connectivity index (χ0n) is 18.9. The summed E-state index contributed by atoms with van der Waals surface area (Å²) >= 11 is 6.59. The summed E-state index contributed by atoms with van der Waals surface area (Å²) in [4.78, 5) is 23.3. The van der Waals surface area contributed by atoms with Crippen molar-refractivity contribution >= 4 is 28.6 Å². The summed E-state index contributed by atoms with van der Waals surface area (Å²) in [5, 5.41) is 9.91. The lowest BCUT2D eigenvalue weighted by Crippen LogP contribution is -2.00. The smallest absolute Gasteiger partial charge is 0.336 e. The molecule has 7 nitrogen and oxygen atoms in total. The van der Waals surface area contributed by atoms with Gasteiger partial charge in [0.25, 0.3) is 6.01 Å². The number of pyridine rings is 1. The van der Waals surface area contributed by atoms with Crippen LogP contribution in [-0.4, -0.2) is 33.1 Å². The number of carbonyl (C=O) groups is 1. The van der Waals surface area contributed by atoms with Gasteiger partial charge in [0, 0.05) is 23.4 Å². The Morgan fingerprint density at radius 3 is 2.40 bits per heavy atom. The Hall–Kier alpha value is -4.36. The van der Waals surface area contributed by atoms with Crippen molar-refractivity contribution in [3.05, 3.63) is 89.1 Å². The average molecular weight is 486 g/mol. The third kappa shape index (κ3) is 4.54. The van der Waals surface area contributed by atoms with Gasteiger partial charge in [-0.2, -0.15) is 4.98 Å². The molecule has 3 aromatic carbocycles. The van der Waals surface area contributed by atoms with E-state index in [-0.39, 0.29) is 11.6 Å². The van der Waals surface area contributed by atoms with Crippen LogP contribution in [0.15, 0.2) is 72.9 Å². The molecule has 2 heterocycles. The maximum atomic E-state index is 11.4. The topological polar surface area (TPSA) is 97.3 Å². The van der Waals surface area contributed by atoms with Crippen molar-refractivity contribution in [2.45, 2.75) is 6.92 Å². The number of nitrogens with one attached hydrogen (secondary N) is 1. The van der Waals surface area contributed by atoms with Gasteiger partial charge in [-0.15, -0.1) is 0 Å². The van der Waals surface area contributed by atoms with Crippen LogP contribution in [0.1, 0.15) is 15.9 Å². The van der Waals surface area contributed by atoms with E-state index in [0.717, 1.165) is 22.3 Å². The van der Waals surface area contributed by atoms with Crippen molar-refractivity contribution in [2.75, 3.05) is 7.11 Å². The predicted molar refractivity (Wildman–Crippen MR) is 135 cm³/mol. The lowest BCUT2D eigenvalue weighted by molar-refractivity contribution is 0.0695. The Morgan fingerprint density at radius 1 is 0.971 bits per heavy atom. The highest BCUT2D eigenvalue weighted by molar-refractivity contribution is 6.34. The first kappa shape index (κ1) is 22.4. The van der Waals surface area contributed by atoms with E-state index in [9.17, 15) is 9.90 Å². The first-order valence-electron chi connectivity index (χ1n) is 10.7. The number of hydrogen-bond donors (Lipinski definition) is 2. The second kappa shape index (κ2) is 9.12. The fourth-order valence-corrected chi connectivity index (χ4v) is 4.07. The number of carboxylic acids is 1. The molecule has 0 aliphatic rings. The summed E-state index contributed by atoms with van der Waals surface area (Å²) in [5.41, 5.74) is 5.99. The van der Waals surface area contributed by atoms with Gasteiger partial charge in [0.05, 0.1) is 28.7 Å². The molecule has 35 heavy (non-hydrogen) atoms. The lowest BCUT2D eigenvalue weighted by atomic mass is 10.0. The highest BCUT2D eigenvalue weighted by Crippen LogP contribution is 2.34. The molecule has 0 aliphatic heterocycles. The monoisotopic (exact) mass is 485 g/mol. The maximum Gasteiger partial charge on any atom is 0.336 e. The Balaban J connectivity index is 1.42. The van der Waals surface area contributed by atoms with E-state index in [4.69, 9.17) is 21.1 Å². The number of carboxylic acid groups (broad SMARTS) is 1. The molecule has 0 spiro atoms. The van der Waals surface area contributed by atoms with Gasteiger partial charge in [0.2, 0.25) is 5.88 Å². The minimum absolute atomic E-state index is 0.179. The van der Waals surface area contributed by atoms with Gasteiger partial charge in [-0.05, 0) is 53.9 Å². The molecule has 174 valence electrons. The van der Waals surface area contributed by atoms with Crippen molar-refractivity contribution in [1.82, 2.24) is 15.0 Å². The summed E-state index contributed by atoms with van der Waals surface area (Å²) in [6, 6.07) is 20.6. The van der Waals surface area contributed by atoms with Crippen molar-refractivity contribution in [3.63, 3.8) is 0 Å². The van der Waals surface area contributed by atoms with Gasteiger partial charge < -0.3 is 19.6 Å². The number of H-pyrrole nitrogens is 1. The fraction of sp³-hybridized carbons (Fsp3) is 0.0741. The molecule has 0 radical (unpaired) electrons. The maximum absolute atomic E-state index is 11.4. The van der Waals surface area contributed by atoms with Crippen molar-refractivity contribution < 1.29 is 19.4 Å². The number of hydrogen-bond acceptors (Lipinski definition) is 5. The van der Waals surface area contributed by atoms with Crippen LogP contribution < -0.4 is 9.47 Å². The summed E-state index contributed by atoms with van der Waals surface area (Å²) in [7, 11) is 1.59. The van der Waals surface area contributed by atoms with Crippen LogP contribution in [0.4, 0.5) is 0 Å². The molecule has 2 N–H and O–H groups in total. The molecule has 0 fully saturated rings. The first-order valence-corrected chi connectivity index (χ1v) is 11.1. The highest BCUT2D eigenvalue weighted by Gasteiger charge is 2.13. The van der Waals surface area contributed by atoms with Crippen LogP contribution >= 0.6 is 11.6 Å². The number of aromatic nitrogens is 3. The number of fused-ring (bicyclic) bond motifs is 1. The van der Waals surface area contributed by atoms with Crippen molar-refractivity contribution in [3.8, 4) is 39.9 Å². The van der Waals surface area contributed by atoms with E-state index in [1.807, 2.05) is 42.5 Å². The summed E-state index contributed by atoms with van der Waals surface area (Å²) < 4.78 is 10.9. The van der Waals surface area contributed by atoms with Crippen LogP contribution in [0.3, 0.4) is 0 Å². The fourth-order valence-electron chi connectivity index (χ4n) is 3.80. The number of rotatable bonds is 6. The van der Waals surface area contributed by atoms with Gasteiger partial charge in [0.1, 0.15) is 5.75 Å². The normalized spacial score (nSPS) is 10.9. The Morgan fingerprint density at radius 2 is 1.71 bits per heavy atom. The summed E-state index contributed by atoms with van der Waals surface area (Å²) in [5.74, 6) is -0.0669. The Bertz CT molecular complexity index is 1540. The van der Waals surface area contributed by atoms with Gasteiger partial charge in [-0.25, -0.2) is 9.78 Å². The molecule has 0 amide bonds. The molecule has 0 atom stereocenters. The summed E-state index contributed by atoms with van der Waals surface area (Å²) in [6.07, 6.45) is 1.77. The number of benzene rings is 3. The standard InChI is InChI=1S/C27H20ClN3O4/c1-15-3-9-19(11-20(15)26(32)33)35-27-30-23-12-21(22(28)13-24(23)31-27)17-6-4-16(5-7-17)18-8-10-25(34-2)29-14-18/h3-14H,1-2H3,(H,30,31)(H,32,33). The predicted octanol–water partition coefficient (Wildman–Crippen LogP) is 6.75. The first-order chi connectivity index (χ1) is 16.9. The molecule has 0 bridgehead atoms. The zero-order chi connectivity index (χ0) is 24.5. The molecular weight excluding hydrogens is 466 g/mol. The number of aryl methyl sites for hydroxylation is 1. The Labute approximate surface area is 206 Å². The van der Waals surface area contributed by atoms with Gasteiger partial charge in [-0.1, -0.05) is 41.9 Å². The number of methoxy groups -OCH3 is 1. The van der Waals surface area contributed by atoms with E-state index in [1.54, 1.807) is 38.4 Å². The second-order valence-corrected chi connectivity index (χ2v) is 8.35. The molecule has 0 aliphatic carbocycles. The molecule has 8 heteroatoms. The third-order valence-corrected chi connectivity index (χ3v) is 5.99. The lowest BCUT2D eigenvalue weighted by Gasteiger charge is -2.07. The van der Waals surface area contributed by atoms with Crippen LogP contribution in [0, 0.1) is 6.92 Å². The summed E-state index contributed by atoms with van der Waals surface area (Å²) in [6.45, 7) is 1.73. The third-order valence-electron chi connectivity index (χ3n) is 5.68. The number of halogens is 1. The zero-order valence-corrected chi connectivity index (χ0v) is 19.6. The van der Waals surface area contributed by atoms with Crippen LogP contribution in [-0.2, 0) is 0 Å². The largest absolute Gasteiger partial charge is 0.481 e. The van der Waals surface area contributed by atoms with E-state index in [1.165, 1.54) is 6.07 Å².